The van der Waals surface area contributed by atoms with Crippen LogP contribution in [-0.2, 0) is 0 Å². The first-order chi connectivity index (χ1) is 9.06. The lowest BCUT2D eigenvalue weighted by molar-refractivity contribution is 0.318. The molecule has 0 saturated heterocycles. The van der Waals surface area contributed by atoms with Crippen LogP contribution >= 0.6 is 24.4 Å². The van der Waals surface area contributed by atoms with Crippen molar-refractivity contribution in [3.63, 3.8) is 0 Å². The fraction of sp³-hybridized carbons (Fsp3) is 0.600. The van der Waals surface area contributed by atoms with E-state index in [9.17, 15) is 8.78 Å². The molecule has 108 valence electrons. The van der Waals surface area contributed by atoms with Gasteiger partial charge in [-0.05, 0) is 36.1 Å². The smallest absolute Gasteiger partial charge is 0.139 e. The van der Waals surface area contributed by atoms with Crippen molar-refractivity contribution in [1.82, 2.24) is 0 Å². The van der Waals surface area contributed by atoms with E-state index in [1.54, 1.807) is 0 Å². The molecule has 1 aromatic carbocycles. The van der Waals surface area contributed by atoms with Gasteiger partial charge < -0.3 is 0 Å². The highest BCUT2D eigenvalue weighted by atomic mass is 32.2. The highest BCUT2D eigenvalue weighted by Gasteiger charge is 2.27. The fourth-order valence-corrected chi connectivity index (χ4v) is 4.15. The van der Waals surface area contributed by atoms with Crippen LogP contribution in [-0.4, -0.2) is 11.5 Å². The molecule has 1 aromatic rings. The first-order valence-electron chi connectivity index (χ1n) is 6.75. The topological polar surface area (TPSA) is 0 Å². The zero-order valence-corrected chi connectivity index (χ0v) is 13.3. The molecular formula is C15H22F2S2. The SMILES string of the molecule is CCCC(CS)(CCC)CSc1ccc(F)cc1F. The van der Waals surface area contributed by atoms with Crippen LogP contribution in [0.5, 0.6) is 0 Å². The average Bonchev–Trinajstić information content (AvgIpc) is 2.38. The third kappa shape index (κ3) is 4.99. The molecule has 0 aliphatic rings. The third-order valence-electron chi connectivity index (χ3n) is 3.32. The van der Waals surface area contributed by atoms with Gasteiger partial charge in [-0.25, -0.2) is 8.78 Å². The van der Waals surface area contributed by atoms with Crippen LogP contribution in [0.3, 0.4) is 0 Å². The van der Waals surface area contributed by atoms with Crippen molar-refractivity contribution in [2.75, 3.05) is 11.5 Å². The summed E-state index contributed by atoms with van der Waals surface area (Å²) in [5.74, 6) is 0.654. The van der Waals surface area contributed by atoms with Gasteiger partial charge in [0.15, 0.2) is 0 Å². The minimum absolute atomic E-state index is 0.151. The second-order valence-corrected chi connectivity index (χ2v) is 6.35. The Hall–Kier alpha value is -0.220. The van der Waals surface area contributed by atoms with Crippen molar-refractivity contribution in [1.29, 1.82) is 0 Å². The molecule has 0 N–H and O–H groups in total. The number of halogens is 2. The largest absolute Gasteiger partial charge is 0.207 e. The van der Waals surface area contributed by atoms with Gasteiger partial charge in [0.05, 0.1) is 0 Å². The zero-order valence-electron chi connectivity index (χ0n) is 11.6. The highest BCUT2D eigenvalue weighted by molar-refractivity contribution is 7.99. The summed E-state index contributed by atoms with van der Waals surface area (Å²) in [5.41, 5.74) is 0.151. The van der Waals surface area contributed by atoms with Crippen LogP contribution in [0.2, 0.25) is 0 Å². The van der Waals surface area contributed by atoms with E-state index in [1.807, 2.05) is 0 Å². The molecule has 0 radical (unpaired) electrons. The van der Waals surface area contributed by atoms with Gasteiger partial charge in [-0.3, -0.25) is 0 Å². The molecule has 0 heterocycles. The van der Waals surface area contributed by atoms with E-state index in [0.29, 0.717) is 4.90 Å². The van der Waals surface area contributed by atoms with Crippen molar-refractivity contribution in [3.8, 4) is 0 Å². The van der Waals surface area contributed by atoms with Crippen molar-refractivity contribution < 1.29 is 8.78 Å². The van der Waals surface area contributed by atoms with E-state index in [0.717, 1.165) is 43.3 Å². The summed E-state index contributed by atoms with van der Waals surface area (Å²) in [6.07, 6.45) is 4.40. The number of hydrogen-bond acceptors (Lipinski definition) is 2. The fourth-order valence-electron chi connectivity index (χ4n) is 2.36. The van der Waals surface area contributed by atoms with Gasteiger partial charge in [0.25, 0.3) is 0 Å². The van der Waals surface area contributed by atoms with Crippen molar-refractivity contribution in [2.24, 2.45) is 5.41 Å². The maximum absolute atomic E-state index is 13.6. The average molecular weight is 304 g/mol. The Morgan fingerprint density at radius 2 is 1.79 bits per heavy atom. The summed E-state index contributed by atoms with van der Waals surface area (Å²) in [7, 11) is 0. The van der Waals surface area contributed by atoms with Crippen molar-refractivity contribution in [3.05, 3.63) is 29.8 Å². The molecule has 0 nitrogen and oxygen atoms in total. The molecule has 0 amide bonds. The lowest BCUT2D eigenvalue weighted by Gasteiger charge is -2.31. The number of benzene rings is 1. The quantitative estimate of drug-likeness (QED) is 0.483. The number of hydrogen-bond donors (Lipinski definition) is 1. The number of thioether (sulfide) groups is 1. The van der Waals surface area contributed by atoms with Gasteiger partial charge >= 0.3 is 0 Å². The molecule has 0 aromatic heterocycles. The standard InChI is InChI=1S/C15H22F2S2/c1-3-7-15(10-18,8-4-2)11-19-14-6-5-12(16)9-13(14)17/h5-6,9,18H,3-4,7-8,10-11H2,1-2H3. The van der Waals surface area contributed by atoms with Crippen LogP contribution < -0.4 is 0 Å². The Morgan fingerprint density at radius 3 is 2.26 bits per heavy atom. The Bertz CT molecular complexity index is 388. The van der Waals surface area contributed by atoms with E-state index in [-0.39, 0.29) is 5.41 Å². The van der Waals surface area contributed by atoms with Gasteiger partial charge in [0, 0.05) is 16.7 Å². The first-order valence-corrected chi connectivity index (χ1v) is 8.37. The molecule has 0 saturated carbocycles. The number of rotatable bonds is 8. The minimum atomic E-state index is -0.524. The third-order valence-corrected chi connectivity index (χ3v) is 5.39. The molecule has 0 unspecified atom stereocenters. The van der Waals surface area contributed by atoms with E-state index in [4.69, 9.17) is 0 Å². The van der Waals surface area contributed by atoms with Crippen LogP contribution in [0.25, 0.3) is 0 Å². The minimum Gasteiger partial charge on any atom is -0.207 e. The molecular weight excluding hydrogens is 282 g/mol. The Balaban J connectivity index is 2.74. The van der Waals surface area contributed by atoms with Gasteiger partial charge in [0.1, 0.15) is 11.6 Å². The molecule has 0 spiro atoms. The lowest BCUT2D eigenvalue weighted by Crippen LogP contribution is -2.26. The molecule has 0 atom stereocenters. The predicted octanol–water partition coefficient (Wildman–Crippen LogP) is 5.57. The summed E-state index contributed by atoms with van der Waals surface area (Å²) >= 11 is 5.97. The molecule has 0 aliphatic carbocycles. The van der Waals surface area contributed by atoms with Crippen LogP contribution in [0.15, 0.2) is 23.1 Å². The van der Waals surface area contributed by atoms with E-state index in [2.05, 4.69) is 26.5 Å². The van der Waals surface area contributed by atoms with E-state index < -0.39 is 11.6 Å². The van der Waals surface area contributed by atoms with Crippen molar-refractivity contribution >= 4 is 24.4 Å². The first kappa shape index (κ1) is 16.8. The summed E-state index contributed by atoms with van der Waals surface area (Å²) in [4.78, 5) is 0.528. The number of thiol groups is 1. The molecule has 0 fully saturated rings. The molecule has 19 heavy (non-hydrogen) atoms. The maximum Gasteiger partial charge on any atom is 0.139 e. The summed E-state index contributed by atoms with van der Waals surface area (Å²) in [5, 5.41) is 0. The highest BCUT2D eigenvalue weighted by Crippen LogP contribution is 2.38. The second kappa shape index (κ2) is 8.15. The summed E-state index contributed by atoms with van der Waals surface area (Å²) in [6, 6.07) is 3.79. The molecule has 0 bridgehead atoms. The second-order valence-electron chi connectivity index (χ2n) is 5.02. The van der Waals surface area contributed by atoms with Gasteiger partial charge in [-0.2, -0.15) is 12.6 Å². The normalized spacial score (nSPS) is 11.8. The van der Waals surface area contributed by atoms with E-state index in [1.165, 1.54) is 23.9 Å². The van der Waals surface area contributed by atoms with Crippen molar-refractivity contribution in [2.45, 2.75) is 44.4 Å². The van der Waals surface area contributed by atoms with Crippen LogP contribution in [0, 0.1) is 17.0 Å². The van der Waals surface area contributed by atoms with Gasteiger partial charge in [0.2, 0.25) is 0 Å². The monoisotopic (exact) mass is 304 g/mol. The molecule has 1 rings (SSSR count). The zero-order chi connectivity index (χ0) is 14.3. The lowest BCUT2D eigenvalue weighted by atomic mass is 9.83. The predicted molar refractivity (Wildman–Crippen MR) is 83.2 cm³/mol. The van der Waals surface area contributed by atoms with E-state index >= 15 is 0 Å². The van der Waals surface area contributed by atoms with Gasteiger partial charge in [-0.1, -0.05) is 26.7 Å². The Labute approximate surface area is 124 Å². The summed E-state index contributed by atoms with van der Waals surface area (Å²) < 4.78 is 26.5. The van der Waals surface area contributed by atoms with Crippen LogP contribution in [0.4, 0.5) is 8.78 Å². The Morgan fingerprint density at radius 1 is 1.16 bits per heavy atom. The van der Waals surface area contributed by atoms with Crippen LogP contribution in [0.1, 0.15) is 39.5 Å². The maximum atomic E-state index is 13.6. The molecule has 4 heteroatoms. The van der Waals surface area contributed by atoms with Gasteiger partial charge in [-0.15, -0.1) is 11.8 Å². The molecule has 0 aliphatic heterocycles. The summed E-state index contributed by atoms with van der Waals surface area (Å²) in [6.45, 7) is 4.33. The Kier molecular flexibility index (Phi) is 7.22.